The second-order valence-electron chi connectivity index (χ2n) is 6.34. The quantitative estimate of drug-likeness (QED) is 0.909. The summed E-state index contributed by atoms with van der Waals surface area (Å²) in [6, 6.07) is 10.4. The lowest BCUT2D eigenvalue weighted by atomic mass is 9.84. The van der Waals surface area contributed by atoms with E-state index >= 15 is 0 Å². The molecular weight excluding hydrogens is 238 g/mol. The highest BCUT2D eigenvalue weighted by Crippen LogP contribution is 2.40. The SMILES string of the molecule is CNC(C)C1OC(c2ccccc2)O[C@H]1C(C)(C)C. The van der Waals surface area contributed by atoms with Crippen molar-refractivity contribution in [2.24, 2.45) is 5.41 Å². The maximum atomic E-state index is 6.19. The first-order valence-electron chi connectivity index (χ1n) is 6.96. The molecule has 0 amide bonds. The summed E-state index contributed by atoms with van der Waals surface area (Å²) in [5.41, 5.74) is 1.14. The minimum Gasteiger partial charge on any atom is -0.342 e. The summed E-state index contributed by atoms with van der Waals surface area (Å²) in [5.74, 6) is 0. The molecule has 0 spiro atoms. The van der Waals surface area contributed by atoms with Crippen LogP contribution in [-0.4, -0.2) is 25.3 Å². The highest BCUT2D eigenvalue weighted by molar-refractivity contribution is 5.17. The average Bonchev–Trinajstić information content (AvgIpc) is 2.84. The highest BCUT2D eigenvalue weighted by Gasteiger charge is 2.45. The number of likely N-dealkylation sites (N-methyl/N-ethyl adjacent to an activating group) is 1. The molecule has 0 aromatic heterocycles. The van der Waals surface area contributed by atoms with Gasteiger partial charge in [-0.25, -0.2) is 0 Å². The van der Waals surface area contributed by atoms with Crippen LogP contribution in [0, 0.1) is 5.41 Å². The topological polar surface area (TPSA) is 30.5 Å². The van der Waals surface area contributed by atoms with Crippen molar-refractivity contribution >= 4 is 0 Å². The van der Waals surface area contributed by atoms with Crippen LogP contribution in [0.1, 0.15) is 39.5 Å². The van der Waals surface area contributed by atoms with E-state index in [9.17, 15) is 0 Å². The van der Waals surface area contributed by atoms with Gasteiger partial charge in [-0.1, -0.05) is 51.1 Å². The largest absolute Gasteiger partial charge is 0.342 e. The van der Waals surface area contributed by atoms with E-state index in [1.165, 1.54) is 0 Å². The van der Waals surface area contributed by atoms with Gasteiger partial charge in [0.2, 0.25) is 0 Å². The van der Waals surface area contributed by atoms with E-state index in [4.69, 9.17) is 9.47 Å². The van der Waals surface area contributed by atoms with Crippen molar-refractivity contribution in [2.75, 3.05) is 7.05 Å². The third kappa shape index (κ3) is 3.16. The van der Waals surface area contributed by atoms with Crippen LogP contribution in [0.15, 0.2) is 30.3 Å². The molecule has 1 aliphatic heterocycles. The summed E-state index contributed by atoms with van der Waals surface area (Å²) in [5, 5.41) is 3.28. The lowest BCUT2D eigenvalue weighted by molar-refractivity contribution is -0.0825. The van der Waals surface area contributed by atoms with Gasteiger partial charge >= 0.3 is 0 Å². The summed E-state index contributed by atoms with van der Waals surface area (Å²) < 4.78 is 12.3. The molecule has 1 aromatic rings. The molecule has 19 heavy (non-hydrogen) atoms. The van der Waals surface area contributed by atoms with Crippen molar-refractivity contribution in [3.8, 4) is 0 Å². The minimum atomic E-state index is -0.258. The van der Waals surface area contributed by atoms with Gasteiger partial charge in [0, 0.05) is 11.6 Å². The van der Waals surface area contributed by atoms with Crippen molar-refractivity contribution in [1.82, 2.24) is 5.32 Å². The Morgan fingerprint density at radius 1 is 1.11 bits per heavy atom. The number of ether oxygens (including phenoxy) is 2. The maximum absolute atomic E-state index is 6.19. The van der Waals surface area contributed by atoms with Gasteiger partial charge in [0.25, 0.3) is 0 Å². The normalized spacial score (nSPS) is 29.4. The monoisotopic (exact) mass is 263 g/mol. The Labute approximate surface area is 116 Å². The van der Waals surface area contributed by atoms with E-state index in [2.05, 4.69) is 45.1 Å². The molecule has 1 N–H and O–H groups in total. The third-order valence-electron chi connectivity index (χ3n) is 3.72. The van der Waals surface area contributed by atoms with Crippen LogP contribution >= 0.6 is 0 Å². The first-order valence-corrected chi connectivity index (χ1v) is 6.96. The second-order valence-corrected chi connectivity index (χ2v) is 6.34. The van der Waals surface area contributed by atoms with E-state index in [1.807, 2.05) is 25.2 Å². The molecule has 1 aliphatic rings. The van der Waals surface area contributed by atoms with Crippen molar-refractivity contribution < 1.29 is 9.47 Å². The number of hydrogen-bond donors (Lipinski definition) is 1. The number of rotatable bonds is 3. The van der Waals surface area contributed by atoms with Crippen molar-refractivity contribution in [1.29, 1.82) is 0 Å². The van der Waals surface area contributed by atoms with Crippen molar-refractivity contribution in [2.45, 2.75) is 52.2 Å². The summed E-state index contributed by atoms with van der Waals surface area (Å²) in [6.45, 7) is 8.73. The van der Waals surface area contributed by atoms with Gasteiger partial charge in [0.15, 0.2) is 6.29 Å². The van der Waals surface area contributed by atoms with E-state index in [0.29, 0.717) is 0 Å². The summed E-state index contributed by atoms with van der Waals surface area (Å²) in [4.78, 5) is 0. The molecule has 3 heteroatoms. The zero-order chi connectivity index (χ0) is 14.0. The van der Waals surface area contributed by atoms with Crippen LogP contribution in [0.4, 0.5) is 0 Å². The second kappa shape index (κ2) is 5.61. The van der Waals surface area contributed by atoms with Gasteiger partial charge in [-0.2, -0.15) is 0 Å². The smallest absolute Gasteiger partial charge is 0.184 e. The molecule has 3 nitrogen and oxygen atoms in total. The first-order chi connectivity index (χ1) is 8.93. The predicted molar refractivity (Wildman–Crippen MR) is 76.9 cm³/mol. The fourth-order valence-electron chi connectivity index (χ4n) is 2.47. The molecule has 4 atom stereocenters. The van der Waals surface area contributed by atoms with E-state index in [-0.39, 0.29) is 30.0 Å². The van der Waals surface area contributed by atoms with Crippen molar-refractivity contribution in [3.05, 3.63) is 35.9 Å². The fourth-order valence-corrected chi connectivity index (χ4v) is 2.47. The zero-order valence-electron chi connectivity index (χ0n) is 12.5. The van der Waals surface area contributed by atoms with Gasteiger partial charge in [-0.05, 0) is 19.4 Å². The van der Waals surface area contributed by atoms with Gasteiger partial charge in [-0.3, -0.25) is 0 Å². The molecule has 0 aliphatic carbocycles. The summed E-state index contributed by atoms with van der Waals surface area (Å²) in [6.07, 6.45) is -0.110. The molecular formula is C16H25NO2. The molecule has 3 unspecified atom stereocenters. The molecule has 1 saturated heterocycles. The van der Waals surface area contributed by atoms with E-state index in [1.54, 1.807) is 0 Å². The van der Waals surface area contributed by atoms with Gasteiger partial charge < -0.3 is 14.8 Å². The third-order valence-corrected chi connectivity index (χ3v) is 3.72. The Balaban J connectivity index is 2.20. The van der Waals surface area contributed by atoms with Gasteiger partial charge in [0.05, 0.1) is 6.10 Å². The van der Waals surface area contributed by atoms with Crippen LogP contribution in [0.2, 0.25) is 0 Å². The Morgan fingerprint density at radius 3 is 2.26 bits per heavy atom. The fraction of sp³-hybridized carbons (Fsp3) is 0.625. The zero-order valence-corrected chi connectivity index (χ0v) is 12.5. The lowest BCUT2D eigenvalue weighted by Crippen LogP contribution is -2.46. The molecule has 1 aromatic carbocycles. The first kappa shape index (κ1) is 14.5. The molecule has 1 heterocycles. The standard InChI is InChI=1S/C16H25NO2/c1-11(17-5)13-14(16(2,3)4)19-15(18-13)12-9-7-6-8-10-12/h6-11,13-15,17H,1-5H3/t11?,13?,14-,15?/m1/s1. The highest BCUT2D eigenvalue weighted by atomic mass is 16.7. The molecule has 0 radical (unpaired) electrons. The van der Waals surface area contributed by atoms with Crippen LogP contribution < -0.4 is 5.32 Å². The van der Waals surface area contributed by atoms with E-state index < -0.39 is 0 Å². The van der Waals surface area contributed by atoms with Gasteiger partial charge in [-0.15, -0.1) is 0 Å². The van der Waals surface area contributed by atoms with Crippen LogP contribution in [0.3, 0.4) is 0 Å². The van der Waals surface area contributed by atoms with Crippen LogP contribution in [-0.2, 0) is 9.47 Å². The number of benzene rings is 1. The molecule has 0 saturated carbocycles. The number of hydrogen-bond acceptors (Lipinski definition) is 3. The molecule has 1 fully saturated rings. The average molecular weight is 263 g/mol. The van der Waals surface area contributed by atoms with Gasteiger partial charge in [0.1, 0.15) is 6.10 Å². The van der Waals surface area contributed by atoms with Crippen LogP contribution in [0.5, 0.6) is 0 Å². The van der Waals surface area contributed by atoms with E-state index in [0.717, 1.165) is 5.56 Å². The number of nitrogens with one attached hydrogen (secondary N) is 1. The maximum Gasteiger partial charge on any atom is 0.184 e. The Morgan fingerprint density at radius 2 is 1.74 bits per heavy atom. The van der Waals surface area contributed by atoms with Crippen LogP contribution in [0.25, 0.3) is 0 Å². The Hall–Kier alpha value is -0.900. The summed E-state index contributed by atoms with van der Waals surface area (Å²) >= 11 is 0. The molecule has 0 bridgehead atoms. The lowest BCUT2D eigenvalue weighted by Gasteiger charge is -2.32. The Kier molecular flexibility index (Phi) is 4.29. The minimum absolute atomic E-state index is 0.0549. The Bertz CT molecular complexity index is 399. The molecule has 106 valence electrons. The predicted octanol–water partition coefficient (Wildman–Crippen LogP) is 3.12. The molecule has 2 rings (SSSR count). The van der Waals surface area contributed by atoms with Crippen molar-refractivity contribution in [3.63, 3.8) is 0 Å². The summed E-state index contributed by atoms with van der Waals surface area (Å²) in [7, 11) is 1.96.